The second kappa shape index (κ2) is 11.5. The summed E-state index contributed by atoms with van der Waals surface area (Å²) >= 11 is 1.50. The Morgan fingerprint density at radius 2 is 2.04 bits per heavy atom. The van der Waals surface area contributed by atoms with E-state index < -0.39 is 5.60 Å². The first kappa shape index (κ1) is 23.6. The van der Waals surface area contributed by atoms with Crippen molar-refractivity contribution in [1.29, 1.82) is 0 Å². The van der Waals surface area contributed by atoms with Gasteiger partial charge in [0.25, 0.3) is 0 Å². The van der Waals surface area contributed by atoms with Gasteiger partial charge >= 0.3 is 0 Å². The Labute approximate surface area is 181 Å². The molecule has 0 bridgehead atoms. The van der Waals surface area contributed by atoms with Crippen LogP contribution in [0.15, 0.2) is 46.8 Å². The van der Waals surface area contributed by atoms with Gasteiger partial charge in [0, 0.05) is 11.4 Å². The lowest BCUT2D eigenvalue weighted by molar-refractivity contribution is 0.0711. The van der Waals surface area contributed by atoms with Crippen molar-refractivity contribution in [3.63, 3.8) is 0 Å². The van der Waals surface area contributed by atoms with Crippen molar-refractivity contribution in [3.05, 3.63) is 52.5 Å². The summed E-state index contributed by atoms with van der Waals surface area (Å²) in [5.74, 6) is 0.421. The van der Waals surface area contributed by atoms with Crippen molar-refractivity contribution in [3.8, 4) is 5.75 Å². The van der Waals surface area contributed by atoms with Gasteiger partial charge in [0.2, 0.25) is 0 Å². The molecule has 1 aromatic carbocycles. The third-order valence-corrected chi connectivity index (χ3v) is 4.79. The van der Waals surface area contributed by atoms with E-state index in [2.05, 4.69) is 15.6 Å². The zero-order valence-corrected chi connectivity index (χ0v) is 18.9. The van der Waals surface area contributed by atoms with Crippen molar-refractivity contribution in [2.24, 2.45) is 4.99 Å². The number of guanidine groups is 1. The maximum atomic E-state index is 13.6. The first-order valence-corrected chi connectivity index (χ1v) is 9.50. The molecule has 1 aromatic heterocycles. The van der Waals surface area contributed by atoms with Crippen LogP contribution in [-0.2, 0) is 5.60 Å². The molecule has 8 heteroatoms. The smallest absolute Gasteiger partial charge is 0.191 e. The first-order valence-electron chi connectivity index (χ1n) is 8.62. The highest BCUT2D eigenvalue weighted by molar-refractivity contribution is 14.0. The zero-order chi connectivity index (χ0) is 19.0. The Kier molecular flexibility index (Phi) is 10.0. The molecule has 0 radical (unpaired) electrons. The highest BCUT2D eigenvalue weighted by atomic mass is 127. The number of rotatable bonds is 8. The van der Waals surface area contributed by atoms with Crippen molar-refractivity contribution in [2.75, 3.05) is 19.6 Å². The second-order valence-corrected chi connectivity index (χ2v) is 7.13. The van der Waals surface area contributed by atoms with Crippen LogP contribution in [0.25, 0.3) is 0 Å². The van der Waals surface area contributed by atoms with Gasteiger partial charge in [-0.3, -0.25) is 0 Å². The van der Waals surface area contributed by atoms with E-state index >= 15 is 0 Å². The SMILES string of the molecule is CCNC(=NCC(C)(O)c1cccs1)NCC(C)Oc1ccccc1F.I. The average molecular weight is 507 g/mol. The molecule has 0 saturated heterocycles. The third kappa shape index (κ3) is 7.63. The number of para-hydroxylation sites is 1. The van der Waals surface area contributed by atoms with E-state index in [0.29, 0.717) is 19.0 Å². The molecule has 0 aliphatic rings. The number of halogens is 2. The third-order valence-electron chi connectivity index (χ3n) is 3.66. The van der Waals surface area contributed by atoms with E-state index in [1.807, 2.05) is 31.4 Å². The molecular formula is C19H27FIN3O2S. The fourth-order valence-electron chi connectivity index (χ4n) is 2.28. The maximum Gasteiger partial charge on any atom is 0.191 e. The molecule has 0 spiro atoms. The Balaban J connectivity index is 0.00000364. The van der Waals surface area contributed by atoms with Gasteiger partial charge in [0.15, 0.2) is 17.5 Å². The van der Waals surface area contributed by atoms with Crippen LogP contribution in [0.5, 0.6) is 5.75 Å². The molecule has 5 nitrogen and oxygen atoms in total. The Bertz CT molecular complexity index is 711. The van der Waals surface area contributed by atoms with Crippen molar-refractivity contribution < 1.29 is 14.2 Å². The molecule has 0 fully saturated rings. The lowest BCUT2D eigenvalue weighted by Crippen LogP contribution is -2.42. The normalized spacial score (nSPS) is 14.6. The largest absolute Gasteiger partial charge is 0.486 e. The number of hydrogen-bond donors (Lipinski definition) is 3. The number of aliphatic hydroxyl groups is 1. The minimum absolute atomic E-state index is 0. The van der Waals surface area contributed by atoms with Gasteiger partial charge in [-0.15, -0.1) is 35.3 Å². The number of hydrogen-bond acceptors (Lipinski definition) is 4. The molecule has 3 N–H and O–H groups in total. The van der Waals surface area contributed by atoms with Crippen LogP contribution in [0.4, 0.5) is 4.39 Å². The summed E-state index contributed by atoms with van der Waals surface area (Å²) < 4.78 is 19.3. The molecule has 2 aromatic rings. The summed E-state index contributed by atoms with van der Waals surface area (Å²) in [6.07, 6.45) is -0.256. The van der Waals surface area contributed by atoms with Crippen LogP contribution in [0.3, 0.4) is 0 Å². The number of nitrogens with one attached hydrogen (secondary N) is 2. The van der Waals surface area contributed by atoms with Crippen LogP contribution in [0.2, 0.25) is 0 Å². The number of benzene rings is 1. The quantitative estimate of drug-likeness (QED) is 0.290. The molecule has 150 valence electrons. The highest BCUT2D eigenvalue weighted by Gasteiger charge is 2.24. The van der Waals surface area contributed by atoms with Crippen molar-refractivity contribution in [2.45, 2.75) is 32.5 Å². The van der Waals surface area contributed by atoms with Crippen LogP contribution < -0.4 is 15.4 Å². The lowest BCUT2D eigenvalue weighted by Gasteiger charge is -2.21. The first-order chi connectivity index (χ1) is 12.4. The standard InChI is InChI=1S/C19H26FN3O2S.HI/c1-4-21-18(23-13-19(3,24)17-10-7-11-26-17)22-12-14(2)25-16-9-6-5-8-15(16)20;/h5-11,14,24H,4,12-13H2,1-3H3,(H2,21,22,23);1H. The predicted octanol–water partition coefficient (Wildman–Crippen LogP) is 3.74. The predicted molar refractivity (Wildman–Crippen MR) is 120 cm³/mol. The molecule has 0 saturated carbocycles. The number of thiophene rings is 1. The molecule has 1 heterocycles. The van der Waals surface area contributed by atoms with E-state index in [4.69, 9.17) is 4.74 Å². The molecule has 0 amide bonds. The fraction of sp³-hybridized carbons (Fsp3) is 0.421. The molecule has 2 rings (SSSR count). The van der Waals surface area contributed by atoms with Gasteiger partial charge in [-0.05, 0) is 44.4 Å². The average Bonchev–Trinajstić information content (AvgIpc) is 3.15. The molecule has 2 atom stereocenters. The topological polar surface area (TPSA) is 65.9 Å². The van der Waals surface area contributed by atoms with Crippen LogP contribution in [0, 0.1) is 5.82 Å². The highest BCUT2D eigenvalue weighted by Crippen LogP contribution is 2.25. The lowest BCUT2D eigenvalue weighted by atomic mass is 10.1. The van der Waals surface area contributed by atoms with E-state index in [1.54, 1.807) is 25.1 Å². The minimum atomic E-state index is -1.02. The summed E-state index contributed by atoms with van der Waals surface area (Å²) in [5, 5.41) is 18.8. The Hall–Kier alpha value is -1.39. The zero-order valence-electron chi connectivity index (χ0n) is 15.7. The van der Waals surface area contributed by atoms with Gasteiger partial charge in [-0.25, -0.2) is 9.38 Å². The van der Waals surface area contributed by atoms with Gasteiger partial charge in [-0.2, -0.15) is 0 Å². The maximum absolute atomic E-state index is 13.6. The summed E-state index contributed by atoms with van der Waals surface area (Å²) in [7, 11) is 0. The van der Waals surface area contributed by atoms with E-state index in [0.717, 1.165) is 4.88 Å². The Morgan fingerprint density at radius 3 is 2.67 bits per heavy atom. The number of ether oxygens (including phenoxy) is 1. The van der Waals surface area contributed by atoms with Crippen molar-refractivity contribution in [1.82, 2.24) is 10.6 Å². The van der Waals surface area contributed by atoms with Crippen molar-refractivity contribution >= 4 is 41.3 Å². The van der Waals surface area contributed by atoms with Gasteiger partial charge in [0.05, 0.1) is 13.1 Å². The number of aliphatic imine (C=N–C) groups is 1. The fourth-order valence-corrected chi connectivity index (χ4v) is 3.06. The molecule has 0 aliphatic carbocycles. The summed E-state index contributed by atoms with van der Waals surface area (Å²) in [6.45, 7) is 6.93. The van der Waals surface area contributed by atoms with E-state index in [1.165, 1.54) is 17.4 Å². The van der Waals surface area contributed by atoms with Gasteiger partial charge in [-0.1, -0.05) is 18.2 Å². The van der Waals surface area contributed by atoms with Gasteiger partial charge < -0.3 is 20.5 Å². The number of nitrogens with zero attached hydrogens (tertiary/aromatic N) is 1. The molecule has 27 heavy (non-hydrogen) atoms. The van der Waals surface area contributed by atoms with E-state index in [9.17, 15) is 9.50 Å². The summed E-state index contributed by atoms with van der Waals surface area (Å²) in [6, 6.07) is 10.1. The molecule has 0 aliphatic heterocycles. The van der Waals surface area contributed by atoms with Crippen LogP contribution in [0.1, 0.15) is 25.6 Å². The molecular weight excluding hydrogens is 480 g/mol. The second-order valence-electron chi connectivity index (χ2n) is 6.19. The Morgan fingerprint density at radius 1 is 1.30 bits per heavy atom. The summed E-state index contributed by atoms with van der Waals surface area (Å²) in [5.41, 5.74) is -1.02. The van der Waals surface area contributed by atoms with Gasteiger partial charge in [0.1, 0.15) is 11.7 Å². The minimum Gasteiger partial charge on any atom is -0.486 e. The molecule has 2 unspecified atom stereocenters. The summed E-state index contributed by atoms with van der Waals surface area (Å²) in [4.78, 5) is 5.33. The van der Waals surface area contributed by atoms with Crippen LogP contribution >= 0.6 is 35.3 Å². The van der Waals surface area contributed by atoms with E-state index in [-0.39, 0.29) is 48.2 Å². The monoisotopic (exact) mass is 507 g/mol. The van der Waals surface area contributed by atoms with Crippen LogP contribution in [-0.4, -0.2) is 36.8 Å².